The van der Waals surface area contributed by atoms with Crippen LogP contribution in [0, 0.1) is 0 Å². The van der Waals surface area contributed by atoms with Gasteiger partial charge in [0.2, 0.25) is 16.8 Å². The number of sulfonamides is 1. The van der Waals surface area contributed by atoms with E-state index in [1.165, 1.54) is 24.3 Å². The van der Waals surface area contributed by atoms with E-state index in [9.17, 15) is 21.6 Å². The molecule has 3 aromatic rings. The predicted molar refractivity (Wildman–Crippen MR) is 102 cm³/mol. The van der Waals surface area contributed by atoms with Crippen LogP contribution in [-0.2, 0) is 22.7 Å². The van der Waals surface area contributed by atoms with Crippen molar-refractivity contribution in [2.24, 2.45) is 0 Å². The summed E-state index contributed by atoms with van der Waals surface area (Å²) in [6.07, 6.45) is -4.48. The molecule has 1 aliphatic rings. The number of imidazole rings is 1. The van der Waals surface area contributed by atoms with Gasteiger partial charge in [-0.1, -0.05) is 0 Å². The minimum Gasteiger partial charge on any atom is -0.454 e. The topological polar surface area (TPSA) is 82.5 Å². The number of halogens is 3. The van der Waals surface area contributed by atoms with Gasteiger partial charge in [0.25, 0.3) is 0 Å². The summed E-state index contributed by atoms with van der Waals surface area (Å²) in [5.41, 5.74) is -0.143. The zero-order chi connectivity index (χ0) is 21.7. The number of hydrogen-bond acceptors (Lipinski definition) is 5. The molecule has 0 aliphatic carbocycles. The minimum atomic E-state index is -4.48. The number of nitrogens with one attached hydrogen (secondary N) is 1. The predicted octanol–water partition coefficient (Wildman–Crippen LogP) is 3.84. The number of ether oxygens (including phenoxy) is 2. The third kappa shape index (κ3) is 3.58. The van der Waals surface area contributed by atoms with Crippen molar-refractivity contribution in [1.29, 1.82) is 0 Å². The van der Waals surface area contributed by atoms with Gasteiger partial charge in [-0.25, -0.2) is 18.1 Å². The SMILES string of the molecule is CCn1c([C@@H](C)NS(=O)(=O)c2ccc3c(c2)OCO3)nc2ccc(C(F)(F)F)cc21. The van der Waals surface area contributed by atoms with Crippen LogP contribution in [-0.4, -0.2) is 24.8 Å². The number of alkyl halides is 3. The first-order valence-electron chi connectivity index (χ1n) is 9.09. The quantitative estimate of drug-likeness (QED) is 0.651. The maximum absolute atomic E-state index is 13.1. The fourth-order valence-electron chi connectivity index (χ4n) is 3.38. The lowest BCUT2D eigenvalue weighted by Gasteiger charge is -2.16. The Kier molecular flexibility index (Phi) is 4.89. The summed E-state index contributed by atoms with van der Waals surface area (Å²) < 4.78 is 79.4. The molecule has 1 aromatic heterocycles. The molecular formula is C19H18F3N3O4S. The number of fused-ring (bicyclic) bond motifs is 2. The first kappa shape index (κ1) is 20.5. The Labute approximate surface area is 170 Å². The number of aromatic nitrogens is 2. The molecule has 0 fully saturated rings. The van der Waals surface area contributed by atoms with Crippen LogP contribution in [0.2, 0.25) is 0 Å². The van der Waals surface area contributed by atoms with E-state index in [0.717, 1.165) is 12.1 Å². The Balaban J connectivity index is 1.68. The third-order valence-corrected chi connectivity index (χ3v) is 6.33. The fourth-order valence-corrected chi connectivity index (χ4v) is 4.59. The van der Waals surface area contributed by atoms with Gasteiger partial charge in [0, 0.05) is 12.6 Å². The molecule has 160 valence electrons. The third-order valence-electron chi connectivity index (χ3n) is 4.79. The van der Waals surface area contributed by atoms with E-state index in [4.69, 9.17) is 9.47 Å². The van der Waals surface area contributed by atoms with Crippen molar-refractivity contribution < 1.29 is 31.1 Å². The van der Waals surface area contributed by atoms with Gasteiger partial charge in [-0.15, -0.1) is 0 Å². The molecule has 1 aliphatic heterocycles. The van der Waals surface area contributed by atoms with Crippen LogP contribution < -0.4 is 14.2 Å². The molecule has 4 rings (SSSR count). The van der Waals surface area contributed by atoms with E-state index in [0.29, 0.717) is 29.4 Å². The van der Waals surface area contributed by atoms with Crippen molar-refractivity contribution in [1.82, 2.24) is 14.3 Å². The van der Waals surface area contributed by atoms with Crippen LogP contribution in [0.5, 0.6) is 11.5 Å². The Hall–Kier alpha value is -2.79. The van der Waals surface area contributed by atoms with Gasteiger partial charge in [0.15, 0.2) is 11.5 Å². The van der Waals surface area contributed by atoms with Crippen LogP contribution in [0.4, 0.5) is 13.2 Å². The zero-order valence-corrected chi connectivity index (χ0v) is 16.8. The molecule has 0 spiro atoms. The molecule has 30 heavy (non-hydrogen) atoms. The lowest BCUT2D eigenvalue weighted by molar-refractivity contribution is -0.137. The average molecular weight is 441 g/mol. The van der Waals surface area contributed by atoms with Crippen molar-refractivity contribution in [2.45, 2.75) is 37.5 Å². The summed E-state index contributed by atoms with van der Waals surface area (Å²) >= 11 is 0. The Morgan fingerprint density at radius 3 is 2.60 bits per heavy atom. The summed E-state index contributed by atoms with van der Waals surface area (Å²) in [4.78, 5) is 4.35. The molecule has 2 heterocycles. The van der Waals surface area contributed by atoms with Crippen LogP contribution in [0.1, 0.15) is 31.3 Å². The van der Waals surface area contributed by atoms with Gasteiger partial charge in [-0.2, -0.15) is 13.2 Å². The van der Waals surface area contributed by atoms with E-state index in [1.807, 2.05) is 0 Å². The fraction of sp³-hybridized carbons (Fsp3) is 0.316. The summed E-state index contributed by atoms with van der Waals surface area (Å²) in [6, 6.07) is 6.72. The minimum absolute atomic E-state index is 0.0166. The monoisotopic (exact) mass is 441 g/mol. The maximum Gasteiger partial charge on any atom is 0.416 e. The summed E-state index contributed by atoms with van der Waals surface area (Å²) in [6.45, 7) is 3.68. The highest BCUT2D eigenvalue weighted by Crippen LogP contribution is 2.35. The molecule has 0 saturated carbocycles. The number of aryl methyl sites for hydroxylation is 1. The number of nitrogens with zero attached hydrogens (tertiary/aromatic N) is 2. The number of rotatable bonds is 5. The van der Waals surface area contributed by atoms with Crippen LogP contribution in [0.25, 0.3) is 11.0 Å². The van der Waals surface area contributed by atoms with Crippen molar-refractivity contribution in [3.8, 4) is 11.5 Å². The van der Waals surface area contributed by atoms with E-state index < -0.39 is 27.8 Å². The Bertz CT molecular complexity index is 1220. The molecule has 1 N–H and O–H groups in total. The maximum atomic E-state index is 13.1. The second kappa shape index (κ2) is 7.17. The number of hydrogen-bond donors (Lipinski definition) is 1. The van der Waals surface area contributed by atoms with Crippen molar-refractivity contribution in [3.05, 3.63) is 47.8 Å². The highest BCUT2D eigenvalue weighted by molar-refractivity contribution is 7.89. The average Bonchev–Trinajstić information content (AvgIpc) is 3.29. The standard InChI is InChI=1S/C19H18F3N3O4S/c1-3-25-15-8-12(19(20,21)22)4-6-14(15)23-18(25)11(2)24-30(26,27)13-5-7-16-17(9-13)29-10-28-16/h4-9,11,24H,3,10H2,1-2H3/t11-/m1/s1. The van der Waals surface area contributed by atoms with Crippen LogP contribution >= 0.6 is 0 Å². The Morgan fingerprint density at radius 1 is 1.17 bits per heavy atom. The van der Waals surface area contributed by atoms with E-state index in [2.05, 4.69) is 9.71 Å². The highest BCUT2D eigenvalue weighted by atomic mass is 32.2. The molecule has 0 saturated heterocycles. The molecule has 0 amide bonds. The van der Waals surface area contributed by atoms with Gasteiger partial charge in [0.1, 0.15) is 5.82 Å². The van der Waals surface area contributed by atoms with Gasteiger partial charge >= 0.3 is 6.18 Å². The summed E-state index contributed by atoms with van der Waals surface area (Å²) in [7, 11) is -3.94. The van der Waals surface area contributed by atoms with Crippen molar-refractivity contribution in [2.75, 3.05) is 6.79 Å². The Morgan fingerprint density at radius 2 is 1.90 bits per heavy atom. The molecule has 0 bridgehead atoms. The van der Waals surface area contributed by atoms with Gasteiger partial charge in [0.05, 0.1) is 27.5 Å². The second-order valence-electron chi connectivity index (χ2n) is 6.77. The second-order valence-corrected chi connectivity index (χ2v) is 8.49. The molecule has 7 nitrogen and oxygen atoms in total. The van der Waals surface area contributed by atoms with E-state index in [-0.39, 0.29) is 17.2 Å². The zero-order valence-electron chi connectivity index (χ0n) is 16.0. The molecule has 0 radical (unpaired) electrons. The van der Waals surface area contributed by atoms with E-state index in [1.54, 1.807) is 18.4 Å². The van der Waals surface area contributed by atoms with Crippen LogP contribution in [0.3, 0.4) is 0 Å². The van der Waals surface area contributed by atoms with Gasteiger partial charge in [-0.05, 0) is 44.2 Å². The highest BCUT2D eigenvalue weighted by Gasteiger charge is 2.31. The lowest BCUT2D eigenvalue weighted by Crippen LogP contribution is -2.28. The smallest absolute Gasteiger partial charge is 0.416 e. The van der Waals surface area contributed by atoms with Gasteiger partial charge < -0.3 is 14.0 Å². The molecule has 2 aromatic carbocycles. The molecule has 11 heteroatoms. The normalized spacial score (nSPS) is 15.0. The van der Waals surface area contributed by atoms with Crippen molar-refractivity contribution in [3.63, 3.8) is 0 Å². The lowest BCUT2D eigenvalue weighted by atomic mass is 10.2. The van der Waals surface area contributed by atoms with Gasteiger partial charge in [-0.3, -0.25) is 0 Å². The van der Waals surface area contributed by atoms with Crippen molar-refractivity contribution >= 4 is 21.1 Å². The summed E-state index contributed by atoms with van der Waals surface area (Å²) in [5, 5.41) is 0. The number of benzene rings is 2. The first-order chi connectivity index (χ1) is 14.1. The summed E-state index contributed by atoms with van der Waals surface area (Å²) in [5.74, 6) is 1.09. The molecule has 0 unspecified atom stereocenters. The van der Waals surface area contributed by atoms with E-state index >= 15 is 0 Å². The van der Waals surface area contributed by atoms with Crippen LogP contribution in [0.15, 0.2) is 41.3 Å². The largest absolute Gasteiger partial charge is 0.454 e. The molecule has 1 atom stereocenters. The first-order valence-corrected chi connectivity index (χ1v) is 10.6. The molecular weight excluding hydrogens is 423 g/mol.